The van der Waals surface area contributed by atoms with E-state index in [-0.39, 0.29) is 5.56 Å². The number of nitrogens with zero attached hydrogens (tertiary/aromatic N) is 4. The molecule has 9 heteroatoms. The number of hydrogen-bond acceptors (Lipinski definition) is 7. The zero-order chi connectivity index (χ0) is 21.4. The lowest BCUT2D eigenvalue weighted by Gasteiger charge is -2.08. The van der Waals surface area contributed by atoms with E-state index in [1.54, 1.807) is 31.2 Å². The monoisotopic (exact) mass is 429 g/mol. The Morgan fingerprint density at radius 2 is 1.84 bits per heavy atom. The number of carbonyl (C=O) groups excluding carboxylic acids is 1. The number of fused-ring (bicyclic) bond motifs is 1. The van der Waals surface area contributed by atoms with Gasteiger partial charge in [-0.2, -0.15) is 4.98 Å². The van der Waals surface area contributed by atoms with Crippen molar-refractivity contribution in [2.45, 2.75) is 6.92 Å². The van der Waals surface area contributed by atoms with Crippen molar-refractivity contribution in [2.24, 2.45) is 0 Å². The van der Waals surface area contributed by atoms with Gasteiger partial charge in [-0.05, 0) is 36.8 Å². The van der Waals surface area contributed by atoms with Gasteiger partial charge in [0.15, 0.2) is 5.82 Å². The van der Waals surface area contributed by atoms with Crippen LogP contribution in [-0.2, 0) is 0 Å². The standard InChI is InChI=1S/C22H15N5O3S/c1-13-24-20(30-26-13)16-9-7-15(8-10-16)19(28)25-27-12-23-21-18(22(27)29)17(11-31-21)14-5-3-2-4-6-14/h2-12H,1H3,(H,25,28). The fourth-order valence-corrected chi connectivity index (χ4v) is 4.10. The van der Waals surface area contributed by atoms with Crippen molar-refractivity contribution in [3.05, 3.63) is 88.0 Å². The Balaban J connectivity index is 1.44. The average Bonchev–Trinajstić information content (AvgIpc) is 3.43. The van der Waals surface area contributed by atoms with E-state index in [1.807, 2.05) is 35.7 Å². The van der Waals surface area contributed by atoms with E-state index in [0.717, 1.165) is 15.8 Å². The Morgan fingerprint density at radius 3 is 2.55 bits per heavy atom. The number of thiophene rings is 1. The van der Waals surface area contributed by atoms with E-state index in [9.17, 15) is 9.59 Å². The van der Waals surface area contributed by atoms with Gasteiger partial charge in [-0.1, -0.05) is 35.5 Å². The SMILES string of the molecule is Cc1noc(-c2ccc(C(=O)Nn3cnc4scc(-c5ccccc5)c4c3=O)cc2)n1. The highest BCUT2D eigenvalue weighted by Crippen LogP contribution is 2.30. The van der Waals surface area contributed by atoms with Crippen LogP contribution < -0.4 is 11.0 Å². The average molecular weight is 429 g/mol. The molecule has 3 aromatic heterocycles. The summed E-state index contributed by atoms with van der Waals surface area (Å²) in [7, 11) is 0. The highest BCUT2D eigenvalue weighted by molar-refractivity contribution is 7.17. The second-order valence-corrected chi connectivity index (χ2v) is 7.64. The molecule has 1 amide bonds. The number of aryl methyl sites for hydroxylation is 1. The third-order valence-corrected chi connectivity index (χ3v) is 5.61. The molecule has 5 aromatic rings. The molecule has 0 aliphatic rings. The van der Waals surface area contributed by atoms with E-state index in [2.05, 4.69) is 20.6 Å². The Labute approximate surface area is 179 Å². The van der Waals surface area contributed by atoms with Crippen LogP contribution in [0.15, 0.2) is 75.6 Å². The van der Waals surface area contributed by atoms with Crippen LogP contribution in [0.25, 0.3) is 32.8 Å². The minimum atomic E-state index is -0.437. The number of rotatable bonds is 4. The number of nitrogens with one attached hydrogen (secondary N) is 1. The van der Waals surface area contributed by atoms with Crippen molar-refractivity contribution in [3.8, 4) is 22.6 Å². The zero-order valence-corrected chi connectivity index (χ0v) is 17.1. The van der Waals surface area contributed by atoms with Crippen molar-refractivity contribution in [2.75, 3.05) is 5.43 Å². The summed E-state index contributed by atoms with van der Waals surface area (Å²) in [6, 6.07) is 16.3. The smallest absolute Gasteiger partial charge is 0.281 e. The lowest BCUT2D eigenvalue weighted by Crippen LogP contribution is -2.33. The fourth-order valence-electron chi connectivity index (χ4n) is 3.19. The molecule has 0 aliphatic heterocycles. The number of amides is 1. The van der Waals surface area contributed by atoms with Gasteiger partial charge in [0.1, 0.15) is 11.2 Å². The minimum Gasteiger partial charge on any atom is -0.334 e. The molecule has 0 radical (unpaired) electrons. The summed E-state index contributed by atoms with van der Waals surface area (Å²) in [5.41, 5.74) is 5.06. The van der Waals surface area contributed by atoms with Gasteiger partial charge in [-0.3, -0.25) is 15.0 Å². The van der Waals surface area contributed by atoms with Gasteiger partial charge in [0.05, 0.1) is 5.39 Å². The van der Waals surface area contributed by atoms with Crippen molar-refractivity contribution in [1.82, 2.24) is 19.8 Å². The molecule has 0 saturated heterocycles. The quantitative estimate of drug-likeness (QED) is 0.465. The van der Waals surface area contributed by atoms with Crippen molar-refractivity contribution in [3.63, 3.8) is 0 Å². The van der Waals surface area contributed by atoms with E-state index in [0.29, 0.717) is 33.1 Å². The van der Waals surface area contributed by atoms with Crippen LogP contribution in [0.4, 0.5) is 0 Å². The first-order valence-corrected chi connectivity index (χ1v) is 10.2. The number of hydrogen-bond donors (Lipinski definition) is 1. The second kappa shape index (κ2) is 7.62. The van der Waals surface area contributed by atoms with E-state index in [4.69, 9.17) is 4.52 Å². The summed E-state index contributed by atoms with van der Waals surface area (Å²) in [4.78, 5) is 34.9. The maximum absolute atomic E-state index is 13.1. The van der Waals surface area contributed by atoms with Gasteiger partial charge in [0, 0.05) is 22.1 Å². The van der Waals surface area contributed by atoms with E-state index in [1.165, 1.54) is 17.7 Å². The molecule has 5 rings (SSSR count). The first-order chi connectivity index (χ1) is 15.1. The van der Waals surface area contributed by atoms with E-state index >= 15 is 0 Å². The molecule has 1 N–H and O–H groups in total. The lowest BCUT2D eigenvalue weighted by molar-refractivity contribution is 0.101. The lowest BCUT2D eigenvalue weighted by atomic mass is 10.1. The molecule has 0 aliphatic carbocycles. The molecule has 152 valence electrons. The van der Waals surface area contributed by atoms with Gasteiger partial charge in [-0.25, -0.2) is 9.66 Å². The normalized spacial score (nSPS) is 11.0. The Bertz CT molecular complexity index is 1450. The third-order valence-electron chi connectivity index (χ3n) is 4.72. The second-order valence-electron chi connectivity index (χ2n) is 6.78. The van der Waals surface area contributed by atoms with E-state index < -0.39 is 5.91 Å². The van der Waals surface area contributed by atoms with Gasteiger partial charge < -0.3 is 4.52 Å². The zero-order valence-electron chi connectivity index (χ0n) is 16.3. The van der Waals surface area contributed by atoms with Crippen molar-refractivity contribution < 1.29 is 9.32 Å². The Kier molecular flexibility index (Phi) is 4.64. The van der Waals surface area contributed by atoms with Gasteiger partial charge >= 0.3 is 0 Å². The molecular formula is C22H15N5O3S. The maximum atomic E-state index is 13.1. The molecule has 2 aromatic carbocycles. The molecule has 3 heterocycles. The maximum Gasteiger partial charge on any atom is 0.281 e. The number of aromatic nitrogens is 4. The summed E-state index contributed by atoms with van der Waals surface area (Å²) in [6.07, 6.45) is 1.32. The van der Waals surface area contributed by atoms with Gasteiger partial charge in [0.2, 0.25) is 0 Å². The Morgan fingerprint density at radius 1 is 1.06 bits per heavy atom. The first-order valence-electron chi connectivity index (χ1n) is 9.36. The molecular weight excluding hydrogens is 414 g/mol. The predicted octanol–water partition coefficient (Wildman–Crippen LogP) is 3.87. The largest absolute Gasteiger partial charge is 0.334 e. The molecule has 0 bridgehead atoms. The van der Waals surface area contributed by atoms with Crippen molar-refractivity contribution in [1.29, 1.82) is 0 Å². The minimum absolute atomic E-state index is 0.337. The van der Waals surface area contributed by atoms with Crippen LogP contribution in [0.3, 0.4) is 0 Å². The summed E-state index contributed by atoms with van der Waals surface area (Å²) in [6.45, 7) is 1.73. The van der Waals surface area contributed by atoms with Gasteiger partial charge in [0.25, 0.3) is 17.4 Å². The molecule has 0 spiro atoms. The van der Waals surface area contributed by atoms with Crippen LogP contribution in [-0.4, -0.2) is 25.7 Å². The molecule has 0 atom stereocenters. The van der Waals surface area contributed by atoms with Crippen LogP contribution >= 0.6 is 11.3 Å². The van der Waals surface area contributed by atoms with Crippen LogP contribution in [0.2, 0.25) is 0 Å². The summed E-state index contributed by atoms with van der Waals surface area (Å²) >= 11 is 1.39. The molecule has 0 saturated carbocycles. The summed E-state index contributed by atoms with van der Waals surface area (Å²) in [5.74, 6) is 0.469. The first kappa shape index (κ1) is 18.9. The van der Waals surface area contributed by atoms with Crippen LogP contribution in [0.5, 0.6) is 0 Å². The predicted molar refractivity (Wildman–Crippen MR) is 117 cm³/mol. The highest BCUT2D eigenvalue weighted by Gasteiger charge is 2.15. The number of benzene rings is 2. The summed E-state index contributed by atoms with van der Waals surface area (Å²) in [5, 5.41) is 6.13. The Hall–Kier alpha value is -4.11. The molecule has 31 heavy (non-hydrogen) atoms. The van der Waals surface area contributed by atoms with Crippen molar-refractivity contribution >= 4 is 27.5 Å². The van der Waals surface area contributed by atoms with Crippen LogP contribution in [0.1, 0.15) is 16.2 Å². The molecule has 0 unspecified atom stereocenters. The molecule has 8 nitrogen and oxygen atoms in total. The third kappa shape index (κ3) is 3.51. The fraction of sp³-hybridized carbons (Fsp3) is 0.0455. The summed E-state index contributed by atoms with van der Waals surface area (Å²) < 4.78 is 6.24. The highest BCUT2D eigenvalue weighted by atomic mass is 32.1. The topological polar surface area (TPSA) is 103 Å². The van der Waals surface area contributed by atoms with Gasteiger partial charge in [-0.15, -0.1) is 11.3 Å². The number of carbonyl (C=O) groups is 1. The molecule has 0 fully saturated rings. The van der Waals surface area contributed by atoms with Crippen LogP contribution in [0, 0.1) is 6.92 Å².